The SMILES string of the molecule is C=C(CC)C(=O)OCCCN(CCC)CCC. The molecule has 0 atom stereocenters. The Bertz CT molecular complexity index is 220. The molecular weight excluding hydrogens is 214 g/mol. The molecule has 0 aliphatic rings. The minimum absolute atomic E-state index is 0.245. The summed E-state index contributed by atoms with van der Waals surface area (Å²) >= 11 is 0. The predicted octanol–water partition coefficient (Wildman–Crippen LogP) is 3.01. The van der Waals surface area contributed by atoms with Gasteiger partial charge in [0.05, 0.1) is 6.61 Å². The first-order valence-corrected chi connectivity index (χ1v) is 6.72. The van der Waals surface area contributed by atoms with Crippen LogP contribution >= 0.6 is 0 Å². The highest BCUT2D eigenvalue weighted by Gasteiger charge is 2.06. The molecule has 0 saturated heterocycles. The van der Waals surface area contributed by atoms with Gasteiger partial charge in [-0.15, -0.1) is 0 Å². The van der Waals surface area contributed by atoms with E-state index in [1.165, 1.54) is 12.8 Å². The fourth-order valence-corrected chi connectivity index (χ4v) is 1.67. The largest absolute Gasteiger partial charge is 0.462 e. The topological polar surface area (TPSA) is 29.5 Å². The monoisotopic (exact) mass is 241 g/mol. The Morgan fingerprint density at radius 2 is 1.71 bits per heavy atom. The van der Waals surface area contributed by atoms with Gasteiger partial charge in [-0.25, -0.2) is 4.79 Å². The molecule has 0 unspecified atom stereocenters. The molecule has 0 aliphatic carbocycles. The van der Waals surface area contributed by atoms with Crippen molar-refractivity contribution in [3.05, 3.63) is 12.2 Å². The Hall–Kier alpha value is -0.830. The van der Waals surface area contributed by atoms with E-state index in [0.29, 0.717) is 18.6 Å². The van der Waals surface area contributed by atoms with Crippen LogP contribution in [0.1, 0.15) is 46.5 Å². The van der Waals surface area contributed by atoms with Crippen LogP contribution in [-0.4, -0.2) is 37.1 Å². The molecule has 3 heteroatoms. The van der Waals surface area contributed by atoms with Gasteiger partial charge in [0, 0.05) is 12.1 Å². The van der Waals surface area contributed by atoms with Gasteiger partial charge in [0.15, 0.2) is 0 Å². The van der Waals surface area contributed by atoms with Gasteiger partial charge >= 0.3 is 5.97 Å². The quantitative estimate of drug-likeness (QED) is 0.334. The summed E-state index contributed by atoms with van der Waals surface area (Å²) in [5.41, 5.74) is 0.559. The lowest BCUT2D eigenvalue weighted by Gasteiger charge is -2.20. The molecular formula is C14H27NO2. The average molecular weight is 241 g/mol. The van der Waals surface area contributed by atoms with Gasteiger partial charge < -0.3 is 9.64 Å². The van der Waals surface area contributed by atoms with E-state index in [4.69, 9.17) is 4.74 Å². The van der Waals surface area contributed by atoms with Crippen LogP contribution in [-0.2, 0) is 9.53 Å². The highest BCUT2D eigenvalue weighted by molar-refractivity contribution is 5.87. The van der Waals surface area contributed by atoms with Gasteiger partial charge in [-0.05, 0) is 38.8 Å². The van der Waals surface area contributed by atoms with Crippen LogP contribution in [0.5, 0.6) is 0 Å². The van der Waals surface area contributed by atoms with Gasteiger partial charge in [-0.3, -0.25) is 0 Å². The summed E-state index contributed by atoms with van der Waals surface area (Å²) in [5.74, 6) is -0.245. The second-order valence-corrected chi connectivity index (χ2v) is 4.29. The van der Waals surface area contributed by atoms with Crippen LogP contribution in [0.3, 0.4) is 0 Å². The number of ether oxygens (including phenoxy) is 1. The van der Waals surface area contributed by atoms with Crippen molar-refractivity contribution < 1.29 is 9.53 Å². The van der Waals surface area contributed by atoms with Gasteiger partial charge in [-0.1, -0.05) is 27.4 Å². The molecule has 0 rings (SSSR count). The minimum atomic E-state index is -0.245. The van der Waals surface area contributed by atoms with E-state index in [1.54, 1.807) is 0 Å². The molecule has 0 aromatic rings. The molecule has 17 heavy (non-hydrogen) atoms. The number of hydrogen-bond donors (Lipinski definition) is 0. The Morgan fingerprint density at radius 3 is 2.18 bits per heavy atom. The summed E-state index contributed by atoms with van der Waals surface area (Å²) in [5, 5.41) is 0. The van der Waals surface area contributed by atoms with Crippen LogP contribution in [0.2, 0.25) is 0 Å². The number of hydrogen-bond acceptors (Lipinski definition) is 3. The van der Waals surface area contributed by atoms with E-state index in [-0.39, 0.29) is 5.97 Å². The maximum Gasteiger partial charge on any atom is 0.333 e. The highest BCUT2D eigenvalue weighted by Crippen LogP contribution is 2.01. The molecule has 0 aromatic heterocycles. The summed E-state index contributed by atoms with van der Waals surface area (Å²) in [7, 11) is 0. The smallest absolute Gasteiger partial charge is 0.333 e. The normalized spacial score (nSPS) is 10.6. The third-order valence-electron chi connectivity index (χ3n) is 2.65. The highest BCUT2D eigenvalue weighted by atomic mass is 16.5. The molecule has 0 heterocycles. The lowest BCUT2D eigenvalue weighted by Crippen LogP contribution is -2.27. The van der Waals surface area contributed by atoms with Crippen molar-refractivity contribution >= 4 is 5.97 Å². The Kier molecular flexibility index (Phi) is 9.83. The first-order valence-electron chi connectivity index (χ1n) is 6.72. The van der Waals surface area contributed by atoms with Gasteiger partial charge in [-0.2, -0.15) is 0 Å². The molecule has 0 saturated carbocycles. The van der Waals surface area contributed by atoms with Crippen molar-refractivity contribution in [1.82, 2.24) is 4.90 Å². The predicted molar refractivity (Wildman–Crippen MR) is 72.0 cm³/mol. The third-order valence-corrected chi connectivity index (χ3v) is 2.65. The Morgan fingerprint density at radius 1 is 1.12 bits per heavy atom. The zero-order chi connectivity index (χ0) is 13.1. The van der Waals surface area contributed by atoms with Crippen molar-refractivity contribution in [1.29, 1.82) is 0 Å². The lowest BCUT2D eigenvalue weighted by molar-refractivity contribution is -0.139. The zero-order valence-corrected chi connectivity index (χ0v) is 11.6. The zero-order valence-electron chi connectivity index (χ0n) is 11.6. The van der Waals surface area contributed by atoms with E-state index in [1.807, 2.05) is 6.92 Å². The summed E-state index contributed by atoms with van der Waals surface area (Å²) < 4.78 is 5.14. The second-order valence-electron chi connectivity index (χ2n) is 4.29. The van der Waals surface area contributed by atoms with Crippen molar-refractivity contribution in [2.24, 2.45) is 0 Å². The van der Waals surface area contributed by atoms with E-state index < -0.39 is 0 Å². The van der Waals surface area contributed by atoms with Crippen molar-refractivity contribution in [3.63, 3.8) is 0 Å². The van der Waals surface area contributed by atoms with E-state index >= 15 is 0 Å². The van der Waals surface area contributed by atoms with E-state index in [2.05, 4.69) is 25.3 Å². The van der Waals surface area contributed by atoms with Crippen molar-refractivity contribution in [2.75, 3.05) is 26.2 Å². The number of rotatable bonds is 10. The molecule has 0 spiro atoms. The first kappa shape index (κ1) is 16.2. The van der Waals surface area contributed by atoms with Crippen LogP contribution in [0.15, 0.2) is 12.2 Å². The van der Waals surface area contributed by atoms with Crippen molar-refractivity contribution in [2.45, 2.75) is 46.5 Å². The van der Waals surface area contributed by atoms with Crippen LogP contribution in [0.25, 0.3) is 0 Å². The van der Waals surface area contributed by atoms with Gasteiger partial charge in [0.2, 0.25) is 0 Å². The van der Waals surface area contributed by atoms with Gasteiger partial charge in [0.1, 0.15) is 0 Å². The Labute approximate surface area is 106 Å². The standard InChI is InChI=1S/C14H27NO2/c1-5-9-15(10-6-2)11-8-12-17-14(16)13(4)7-3/h4-12H2,1-3H3. The average Bonchev–Trinajstić information content (AvgIpc) is 2.33. The third kappa shape index (κ3) is 7.97. The fourth-order valence-electron chi connectivity index (χ4n) is 1.67. The number of nitrogens with zero attached hydrogens (tertiary/aromatic N) is 1. The summed E-state index contributed by atoms with van der Waals surface area (Å²) in [4.78, 5) is 13.8. The molecule has 100 valence electrons. The summed E-state index contributed by atoms with van der Waals surface area (Å²) in [6.45, 7) is 13.7. The molecule has 3 nitrogen and oxygen atoms in total. The lowest BCUT2D eigenvalue weighted by atomic mass is 10.2. The van der Waals surface area contributed by atoms with Gasteiger partial charge in [0.25, 0.3) is 0 Å². The maximum atomic E-state index is 11.3. The molecule has 0 bridgehead atoms. The van der Waals surface area contributed by atoms with Crippen LogP contribution in [0, 0.1) is 0 Å². The number of carbonyl (C=O) groups excluding carboxylic acids is 1. The summed E-state index contributed by atoms with van der Waals surface area (Å²) in [6.07, 6.45) is 3.91. The first-order chi connectivity index (χ1) is 8.15. The second kappa shape index (κ2) is 10.3. The Balaban J connectivity index is 3.66. The molecule has 0 aliphatic heterocycles. The molecule has 0 amide bonds. The molecule has 0 radical (unpaired) electrons. The maximum absolute atomic E-state index is 11.3. The summed E-state index contributed by atoms with van der Waals surface area (Å²) in [6, 6.07) is 0. The number of esters is 1. The fraction of sp³-hybridized carbons (Fsp3) is 0.786. The molecule has 0 N–H and O–H groups in total. The molecule has 0 fully saturated rings. The molecule has 0 aromatic carbocycles. The van der Waals surface area contributed by atoms with Crippen LogP contribution < -0.4 is 0 Å². The van der Waals surface area contributed by atoms with E-state index in [9.17, 15) is 4.79 Å². The van der Waals surface area contributed by atoms with Crippen molar-refractivity contribution in [3.8, 4) is 0 Å². The van der Waals surface area contributed by atoms with Crippen LogP contribution in [0.4, 0.5) is 0 Å². The number of carbonyl (C=O) groups is 1. The van der Waals surface area contributed by atoms with E-state index in [0.717, 1.165) is 26.1 Å². The minimum Gasteiger partial charge on any atom is -0.462 e.